The number of nitrogens with zero attached hydrogens (tertiary/aromatic N) is 3. The van der Waals surface area contributed by atoms with Gasteiger partial charge in [0, 0.05) is 31.7 Å². The largest absolute Gasteiger partial charge is 0.310 e. The molecule has 5 nitrogen and oxygen atoms in total. The number of pyridine rings is 2. The van der Waals surface area contributed by atoms with E-state index in [1.807, 2.05) is 43.6 Å². The Hall–Kier alpha value is -2.27. The van der Waals surface area contributed by atoms with E-state index >= 15 is 0 Å². The van der Waals surface area contributed by atoms with Crippen molar-refractivity contribution >= 4 is 11.7 Å². The van der Waals surface area contributed by atoms with E-state index in [1.165, 1.54) is 5.56 Å². The monoisotopic (exact) mass is 310 g/mol. The third kappa shape index (κ3) is 4.36. The molecular formula is C18H22N4O. The maximum Gasteiger partial charge on any atom is 0.229 e. The summed E-state index contributed by atoms with van der Waals surface area (Å²) in [6.45, 7) is 4.68. The van der Waals surface area contributed by atoms with Gasteiger partial charge in [0.2, 0.25) is 5.91 Å². The van der Waals surface area contributed by atoms with Gasteiger partial charge in [-0.05, 0) is 55.6 Å². The number of nitrogens with one attached hydrogen (secondary N) is 1. The summed E-state index contributed by atoms with van der Waals surface area (Å²) in [7, 11) is 0. The second-order valence-corrected chi connectivity index (χ2v) is 6.14. The van der Waals surface area contributed by atoms with E-state index in [0.29, 0.717) is 5.82 Å². The zero-order valence-electron chi connectivity index (χ0n) is 13.4. The van der Waals surface area contributed by atoms with Gasteiger partial charge >= 0.3 is 0 Å². The number of hydrogen-bond acceptors (Lipinski definition) is 4. The number of hydrogen-bond donors (Lipinski definition) is 1. The molecule has 0 unspecified atom stereocenters. The highest BCUT2D eigenvalue weighted by molar-refractivity contribution is 5.91. The van der Waals surface area contributed by atoms with Crippen molar-refractivity contribution in [1.82, 2.24) is 14.9 Å². The molecule has 1 saturated heterocycles. The predicted molar refractivity (Wildman–Crippen MR) is 89.8 cm³/mol. The molecule has 3 heterocycles. The number of likely N-dealkylation sites (tertiary alicyclic amines) is 1. The fourth-order valence-corrected chi connectivity index (χ4v) is 2.93. The maximum atomic E-state index is 12.5. The van der Waals surface area contributed by atoms with Crippen LogP contribution in [0.2, 0.25) is 0 Å². The summed E-state index contributed by atoms with van der Waals surface area (Å²) < 4.78 is 0. The topological polar surface area (TPSA) is 58.1 Å². The van der Waals surface area contributed by atoms with Crippen LogP contribution in [-0.2, 0) is 11.3 Å². The van der Waals surface area contributed by atoms with Crippen molar-refractivity contribution in [3.05, 3.63) is 54.0 Å². The van der Waals surface area contributed by atoms with Gasteiger partial charge < -0.3 is 5.32 Å². The summed E-state index contributed by atoms with van der Waals surface area (Å²) in [5, 5.41) is 2.94. The zero-order chi connectivity index (χ0) is 16.1. The third-order valence-electron chi connectivity index (χ3n) is 4.19. The van der Waals surface area contributed by atoms with Crippen LogP contribution in [0, 0.1) is 12.8 Å². The van der Waals surface area contributed by atoms with Crippen molar-refractivity contribution in [1.29, 1.82) is 0 Å². The molecule has 1 amide bonds. The lowest BCUT2D eigenvalue weighted by Gasteiger charge is -2.31. The van der Waals surface area contributed by atoms with Crippen LogP contribution in [-0.4, -0.2) is 33.9 Å². The molecule has 0 aliphatic carbocycles. The minimum atomic E-state index is 0.0219. The first-order valence-corrected chi connectivity index (χ1v) is 8.05. The van der Waals surface area contributed by atoms with E-state index in [9.17, 15) is 4.79 Å². The molecule has 3 rings (SSSR count). The van der Waals surface area contributed by atoms with Gasteiger partial charge in [0.25, 0.3) is 0 Å². The van der Waals surface area contributed by atoms with Gasteiger partial charge in [-0.3, -0.25) is 14.7 Å². The van der Waals surface area contributed by atoms with E-state index in [1.54, 1.807) is 6.20 Å². The first-order valence-electron chi connectivity index (χ1n) is 8.05. The average Bonchev–Trinajstić information content (AvgIpc) is 2.58. The highest BCUT2D eigenvalue weighted by atomic mass is 16.2. The number of carbonyl (C=O) groups excluding carboxylic acids is 1. The molecule has 1 atom stereocenters. The Morgan fingerprint density at radius 2 is 2.13 bits per heavy atom. The van der Waals surface area contributed by atoms with E-state index in [0.717, 1.165) is 38.0 Å². The molecule has 0 bridgehead atoms. The molecule has 0 radical (unpaired) electrons. The average molecular weight is 310 g/mol. The number of carbonyl (C=O) groups is 1. The zero-order valence-corrected chi connectivity index (χ0v) is 13.4. The van der Waals surface area contributed by atoms with E-state index in [-0.39, 0.29) is 11.8 Å². The summed E-state index contributed by atoms with van der Waals surface area (Å²) in [6.07, 6.45) is 7.38. The van der Waals surface area contributed by atoms with Crippen molar-refractivity contribution in [3.8, 4) is 0 Å². The second kappa shape index (κ2) is 7.33. The molecular weight excluding hydrogens is 288 g/mol. The Kier molecular flexibility index (Phi) is 4.98. The molecule has 1 aliphatic rings. The maximum absolute atomic E-state index is 12.5. The van der Waals surface area contributed by atoms with Gasteiger partial charge in [-0.2, -0.15) is 0 Å². The second-order valence-electron chi connectivity index (χ2n) is 6.14. The van der Waals surface area contributed by atoms with Crippen LogP contribution >= 0.6 is 0 Å². The molecule has 1 N–H and O–H groups in total. The fraction of sp³-hybridized carbons (Fsp3) is 0.389. The van der Waals surface area contributed by atoms with Crippen LogP contribution in [0.4, 0.5) is 5.82 Å². The quantitative estimate of drug-likeness (QED) is 0.943. The summed E-state index contributed by atoms with van der Waals surface area (Å²) in [5.74, 6) is 0.723. The van der Waals surface area contributed by atoms with Crippen LogP contribution in [0.25, 0.3) is 0 Å². The van der Waals surface area contributed by atoms with Crippen LogP contribution in [0.5, 0.6) is 0 Å². The molecule has 120 valence electrons. The number of aromatic nitrogens is 2. The summed E-state index contributed by atoms with van der Waals surface area (Å²) in [4.78, 5) is 23.1. The Labute approximate surface area is 136 Å². The molecule has 5 heteroatoms. The Balaban J connectivity index is 1.57. The summed E-state index contributed by atoms with van der Waals surface area (Å²) in [5.41, 5.74) is 2.32. The van der Waals surface area contributed by atoms with Crippen LogP contribution < -0.4 is 5.32 Å². The van der Waals surface area contributed by atoms with E-state index in [4.69, 9.17) is 0 Å². The minimum Gasteiger partial charge on any atom is -0.310 e. The van der Waals surface area contributed by atoms with Crippen molar-refractivity contribution < 1.29 is 4.79 Å². The van der Waals surface area contributed by atoms with Crippen LogP contribution in [0.1, 0.15) is 24.0 Å². The Morgan fingerprint density at radius 3 is 2.87 bits per heavy atom. The van der Waals surface area contributed by atoms with Crippen molar-refractivity contribution in [3.63, 3.8) is 0 Å². The number of aryl methyl sites for hydroxylation is 1. The first-order chi connectivity index (χ1) is 11.2. The highest BCUT2D eigenvalue weighted by Crippen LogP contribution is 2.20. The van der Waals surface area contributed by atoms with Gasteiger partial charge in [-0.15, -0.1) is 0 Å². The Morgan fingerprint density at radius 1 is 1.30 bits per heavy atom. The van der Waals surface area contributed by atoms with Crippen molar-refractivity contribution in [2.45, 2.75) is 26.3 Å². The van der Waals surface area contributed by atoms with Gasteiger partial charge in [-0.25, -0.2) is 4.98 Å². The van der Waals surface area contributed by atoms with E-state index in [2.05, 4.69) is 20.2 Å². The summed E-state index contributed by atoms with van der Waals surface area (Å²) >= 11 is 0. The standard InChI is InChI=1S/C18H22N4O/c1-14-4-5-17(20-11-14)21-18(23)16-3-2-10-22(13-16)12-15-6-8-19-9-7-15/h4-9,11,16H,2-3,10,12-13H2,1H3,(H,20,21,23)/t16-/m0/s1. The van der Waals surface area contributed by atoms with Crippen molar-refractivity contribution in [2.75, 3.05) is 18.4 Å². The SMILES string of the molecule is Cc1ccc(NC(=O)[C@H]2CCCN(Cc3ccncc3)C2)nc1. The number of amides is 1. The molecule has 1 aliphatic heterocycles. The minimum absolute atomic E-state index is 0.0219. The third-order valence-corrected chi connectivity index (χ3v) is 4.19. The smallest absolute Gasteiger partial charge is 0.229 e. The highest BCUT2D eigenvalue weighted by Gasteiger charge is 2.26. The lowest BCUT2D eigenvalue weighted by atomic mass is 9.96. The first kappa shape index (κ1) is 15.6. The van der Waals surface area contributed by atoms with Gasteiger partial charge in [0.15, 0.2) is 0 Å². The molecule has 0 spiro atoms. The lowest BCUT2D eigenvalue weighted by Crippen LogP contribution is -2.40. The van der Waals surface area contributed by atoms with Crippen LogP contribution in [0.15, 0.2) is 42.9 Å². The predicted octanol–water partition coefficient (Wildman–Crippen LogP) is 2.64. The van der Waals surface area contributed by atoms with E-state index < -0.39 is 0 Å². The van der Waals surface area contributed by atoms with Gasteiger partial charge in [0.05, 0.1) is 5.92 Å². The molecule has 1 fully saturated rings. The lowest BCUT2D eigenvalue weighted by molar-refractivity contribution is -0.121. The molecule has 2 aromatic heterocycles. The van der Waals surface area contributed by atoms with Crippen molar-refractivity contribution in [2.24, 2.45) is 5.92 Å². The van der Waals surface area contributed by atoms with Gasteiger partial charge in [0.1, 0.15) is 5.82 Å². The number of rotatable bonds is 4. The molecule has 0 aromatic carbocycles. The molecule has 0 saturated carbocycles. The normalized spacial score (nSPS) is 18.6. The van der Waals surface area contributed by atoms with Crippen LogP contribution in [0.3, 0.4) is 0 Å². The fourth-order valence-electron chi connectivity index (χ4n) is 2.93. The number of anilines is 1. The molecule has 23 heavy (non-hydrogen) atoms. The summed E-state index contributed by atoms with van der Waals surface area (Å²) in [6, 6.07) is 7.86. The number of piperidine rings is 1. The molecule has 2 aromatic rings. The van der Waals surface area contributed by atoms with Gasteiger partial charge in [-0.1, -0.05) is 6.07 Å². The Bertz CT molecular complexity index is 642.